The average molecular weight is 847 g/mol. The number of fused-ring (bicyclic) bond motifs is 2. The van der Waals surface area contributed by atoms with Crippen molar-refractivity contribution in [3.05, 3.63) is 255 Å². The van der Waals surface area contributed by atoms with Gasteiger partial charge in [-0.15, -0.1) is 0 Å². The summed E-state index contributed by atoms with van der Waals surface area (Å²) in [6.45, 7) is 2.28. The van der Waals surface area contributed by atoms with Crippen LogP contribution in [0.2, 0.25) is 0 Å². The molecule has 0 bridgehead atoms. The topological polar surface area (TPSA) is 32.3 Å². The van der Waals surface area contributed by atoms with Crippen molar-refractivity contribution in [1.29, 1.82) is 0 Å². The molecule has 0 amide bonds. The number of hydrogen-bond donors (Lipinski definition) is 0. The number of para-hydroxylation sites is 1. The largest absolute Gasteiger partial charge is 0.310 e. The second kappa shape index (κ2) is 17.9. The second-order valence-corrected chi connectivity index (χ2v) is 16.5. The van der Waals surface area contributed by atoms with Crippen LogP contribution in [0.15, 0.2) is 249 Å². The Balaban J connectivity index is 1.21. The first-order valence-electron chi connectivity index (χ1n) is 22.6. The lowest BCUT2D eigenvalue weighted by Gasteiger charge is -2.34. The standard InChI is InChI=1S/C62H46N4/c1-2-55-61(65(52-24-7-4-8-25-52)54-26-13-21-47(40-54)50-23-16-37-63-43-50)41-51(57-28-14-20-45-19-9-10-27-56(45)57)42-62(55)66(53-34-31-46(32-35-53)59-29-11-12-38-64-59)60-30-15-22-49-39-48(33-36-58(49)60)44-17-5-3-6-18-44/h3-43H,2H2,1H3. The van der Waals surface area contributed by atoms with Gasteiger partial charge in [-0.2, -0.15) is 0 Å². The maximum Gasteiger partial charge on any atom is 0.0701 e. The summed E-state index contributed by atoms with van der Waals surface area (Å²) in [5.74, 6) is 0. The van der Waals surface area contributed by atoms with Gasteiger partial charge >= 0.3 is 0 Å². The highest BCUT2D eigenvalue weighted by molar-refractivity contribution is 6.04. The molecule has 0 atom stereocenters. The van der Waals surface area contributed by atoms with Crippen molar-refractivity contribution in [2.75, 3.05) is 9.80 Å². The van der Waals surface area contributed by atoms with Crippen LogP contribution in [0.3, 0.4) is 0 Å². The van der Waals surface area contributed by atoms with Gasteiger partial charge in [0.2, 0.25) is 0 Å². The molecule has 2 aromatic heterocycles. The van der Waals surface area contributed by atoms with E-state index in [0.717, 1.165) is 73.9 Å². The maximum absolute atomic E-state index is 4.70. The van der Waals surface area contributed by atoms with Crippen molar-refractivity contribution in [3.63, 3.8) is 0 Å². The summed E-state index contributed by atoms with van der Waals surface area (Å²) >= 11 is 0. The molecule has 0 aliphatic carbocycles. The predicted molar refractivity (Wildman–Crippen MR) is 278 cm³/mol. The van der Waals surface area contributed by atoms with Gasteiger partial charge in [-0.1, -0.05) is 159 Å². The Hall–Kier alpha value is -8.60. The monoisotopic (exact) mass is 846 g/mol. The smallest absolute Gasteiger partial charge is 0.0701 e. The van der Waals surface area contributed by atoms with E-state index in [0.29, 0.717) is 0 Å². The average Bonchev–Trinajstić information content (AvgIpc) is 3.40. The van der Waals surface area contributed by atoms with Crippen LogP contribution in [0, 0.1) is 0 Å². The number of rotatable bonds is 11. The minimum Gasteiger partial charge on any atom is -0.310 e. The van der Waals surface area contributed by atoms with Crippen molar-refractivity contribution in [2.45, 2.75) is 13.3 Å². The fourth-order valence-electron chi connectivity index (χ4n) is 9.39. The predicted octanol–water partition coefficient (Wildman–Crippen LogP) is 17.0. The number of hydrogen-bond acceptors (Lipinski definition) is 4. The van der Waals surface area contributed by atoms with E-state index in [1.165, 1.54) is 38.4 Å². The first-order valence-corrected chi connectivity index (χ1v) is 22.6. The highest BCUT2D eigenvalue weighted by atomic mass is 15.2. The van der Waals surface area contributed by atoms with Gasteiger partial charge in [0.05, 0.1) is 22.8 Å². The van der Waals surface area contributed by atoms with Crippen molar-refractivity contribution >= 4 is 55.7 Å². The molecule has 11 rings (SSSR count). The molecule has 4 nitrogen and oxygen atoms in total. The van der Waals surface area contributed by atoms with E-state index in [4.69, 9.17) is 4.98 Å². The van der Waals surface area contributed by atoms with Crippen LogP contribution in [0.4, 0.5) is 34.1 Å². The van der Waals surface area contributed by atoms with Crippen LogP contribution in [-0.4, -0.2) is 9.97 Å². The van der Waals surface area contributed by atoms with E-state index >= 15 is 0 Å². The Labute approximate surface area is 386 Å². The Morgan fingerprint density at radius 3 is 1.79 bits per heavy atom. The summed E-state index contributed by atoms with van der Waals surface area (Å²) in [5.41, 5.74) is 16.6. The zero-order chi connectivity index (χ0) is 44.2. The molecule has 0 unspecified atom stereocenters. The van der Waals surface area contributed by atoms with Gasteiger partial charge in [0, 0.05) is 52.2 Å². The molecular formula is C62H46N4. The summed E-state index contributed by atoms with van der Waals surface area (Å²) in [4.78, 5) is 14.1. The zero-order valence-corrected chi connectivity index (χ0v) is 36.7. The van der Waals surface area contributed by atoms with E-state index in [1.54, 1.807) is 0 Å². The summed E-state index contributed by atoms with van der Waals surface area (Å²) in [6, 6.07) is 83.1. The third-order valence-electron chi connectivity index (χ3n) is 12.5. The normalized spacial score (nSPS) is 11.2. The van der Waals surface area contributed by atoms with Crippen LogP contribution in [0.1, 0.15) is 12.5 Å². The molecule has 2 heterocycles. The number of anilines is 6. The van der Waals surface area contributed by atoms with Gasteiger partial charge < -0.3 is 9.80 Å². The molecule has 0 aliphatic heterocycles. The maximum atomic E-state index is 4.70. The molecule has 0 saturated carbocycles. The highest BCUT2D eigenvalue weighted by Gasteiger charge is 2.26. The summed E-state index contributed by atoms with van der Waals surface area (Å²) in [5, 5.41) is 4.74. The molecule has 0 spiro atoms. The zero-order valence-electron chi connectivity index (χ0n) is 36.7. The van der Waals surface area contributed by atoms with Gasteiger partial charge in [0.1, 0.15) is 0 Å². The minimum atomic E-state index is 0.761. The molecule has 0 saturated heterocycles. The number of pyridine rings is 2. The van der Waals surface area contributed by atoms with Crippen molar-refractivity contribution in [3.8, 4) is 44.6 Å². The fourth-order valence-corrected chi connectivity index (χ4v) is 9.39. The fraction of sp³-hybridized carbons (Fsp3) is 0.0323. The Bertz CT molecular complexity index is 3440. The highest BCUT2D eigenvalue weighted by Crippen LogP contribution is 2.49. The summed E-state index contributed by atoms with van der Waals surface area (Å²) in [7, 11) is 0. The van der Waals surface area contributed by atoms with E-state index in [2.05, 4.69) is 234 Å². The second-order valence-electron chi connectivity index (χ2n) is 16.5. The van der Waals surface area contributed by atoms with Crippen LogP contribution < -0.4 is 9.80 Å². The first kappa shape index (κ1) is 40.2. The molecule has 4 heteroatoms. The Morgan fingerprint density at radius 1 is 0.364 bits per heavy atom. The quantitative estimate of drug-likeness (QED) is 0.130. The molecular weight excluding hydrogens is 801 g/mol. The van der Waals surface area contributed by atoms with E-state index in [-0.39, 0.29) is 0 Å². The molecule has 314 valence electrons. The van der Waals surface area contributed by atoms with Gasteiger partial charge in [-0.3, -0.25) is 9.97 Å². The third-order valence-corrected chi connectivity index (χ3v) is 12.5. The van der Waals surface area contributed by atoms with Crippen LogP contribution >= 0.6 is 0 Å². The molecule has 66 heavy (non-hydrogen) atoms. The SMILES string of the molecule is CCc1c(N(c2ccccc2)c2cccc(-c3cccnc3)c2)cc(-c2cccc3ccccc23)cc1N(c1ccc(-c2ccccn2)cc1)c1cccc2cc(-c3ccccc3)ccc12. The van der Waals surface area contributed by atoms with Crippen LogP contribution in [0.5, 0.6) is 0 Å². The number of nitrogens with zero attached hydrogens (tertiary/aromatic N) is 4. The molecule has 0 radical (unpaired) electrons. The van der Waals surface area contributed by atoms with E-state index in [1.807, 2.05) is 36.8 Å². The van der Waals surface area contributed by atoms with Crippen LogP contribution in [-0.2, 0) is 6.42 Å². The van der Waals surface area contributed by atoms with Crippen LogP contribution in [0.25, 0.3) is 66.2 Å². The molecule has 0 aliphatic rings. The van der Waals surface area contributed by atoms with Gasteiger partial charge in [-0.25, -0.2) is 0 Å². The van der Waals surface area contributed by atoms with E-state index < -0.39 is 0 Å². The first-order chi connectivity index (χ1) is 32.7. The van der Waals surface area contributed by atoms with Gasteiger partial charge in [0.15, 0.2) is 0 Å². The lowest BCUT2D eigenvalue weighted by Crippen LogP contribution is -2.17. The van der Waals surface area contributed by atoms with Gasteiger partial charge in [-0.05, 0) is 135 Å². The third kappa shape index (κ3) is 7.75. The lowest BCUT2D eigenvalue weighted by atomic mass is 9.93. The number of aromatic nitrogens is 2. The molecule has 0 N–H and O–H groups in total. The van der Waals surface area contributed by atoms with Crippen molar-refractivity contribution in [1.82, 2.24) is 9.97 Å². The Kier molecular flexibility index (Phi) is 10.9. The summed E-state index contributed by atoms with van der Waals surface area (Å²) in [6.07, 6.45) is 6.38. The molecule has 11 aromatic rings. The van der Waals surface area contributed by atoms with Crippen molar-refractivity contribution < 1.29 is 0 Å². The molecule has 9 aromatic carbocycles. The minimum absolute atomic E-state index is 0.761. The molecule has 0 fully saturated rings. The van der Waals surface area contributed by atoms with E-state index in [9.17, 15) is 0 Å². The van der Waals surface area contributed by atoms with Gasteiger partial charge in [0.25, 0.3) is 0 Å². The summed E-state index contributed by atoms with van der Waals surface area (Å²) < 4.78 is 0. The number of benzene rings is 9. The lowest BCUT2D eigenvalue weighted by molar-refractivity contribution is 1.10. The van der Waals surface area contributed by atoms with Crippen molar-refractivity contribution in [2.24, 2.45) is 0 Å². The Morgan fingerprint density at radius 2 is 1.00 bits per heavy atom.